The van der Waals surface area contributed by atoms with Gasteiger partial charge in [-0.25, -0.2) is 0 Å². The molecule has 0 saturated heterocycles. The Balaban J connectivity index is 2.53. The van der Waals surface area contributed by atoms with Gasteiger partial charge in [-0.1, -0.05) is 18.2 Å². The third-order valence-electron chi connectivity index (χ3n) is 1.69. The normalized spacial score (nSPS) is 9.33. The first-order valence-corrected chi connectivity index (χ1v) is 5.03. The topological polar surface area (TPSA) is 23.8 Å². The van der Waals surface area contributed by atoms with Crippen LogP contribution >= 0.6 is 22.6 Å². The van der Waals surface area contributed by atoms with E-state index in [1.807, 2.05) is 12.1 Å². The molecule has 1 rings (SSSR count). The van der Waals surface area contributed by atoms with Crippen LogP contribution < -0.4 is 0 Å². The third kappa shape index (κ3) is 2.82. The second-order valence-electron chi connectivity index (χ2n) is 2.60. The molecule has 0 unspecified atom stereocenters. The van der Waals surface area contributed by atoms with Gasteiger partial charge in [-0.05, 0) is 47.1 Å². The zero-order valence-electron chi connectivity index (χ0n) is 6.76. The van der Waals surface area contributed by atoms with E-state index in [1.54, 1.807) is 0 Å². The Hall–Kier alpha value is -0.560. The summed E-state index contributed by atoms with van der Waals surface area (Å²) in [6.07, 6.45) is 2.65. The van der Waals surface area contributed by atoms with Crippen molar-refractivity contribution in [1.29, 1.82) is 5.26 Å². The minimum absolute atomic E-state index is 0.658. The molecule has 0 spiro atoms. The summed E-state index contributed by atoms with van der Waals surface area (Å²) in [7, 11) is 0. The number of hydrogen-bond donors (Lipinski definition) is 0. The highest BCUT2D eigenvalue weighted by Gasteiger charge is 1.96. The Kier molecular flexibility index (Phi) is 4.09. The minimum atomic E-state index is 0.658. The molecule has 1 nitrogen and oxygen atoms in total. The highest BCUT2D eigenvalue weighted by Crippen LogP contribution is 2.13. The van der Waals surface area contributed by atoms with Gasteiger partial charge in [0.05, 0.1) is 6.07 Å². The van der Waals surface area contributed by atoms with Crippen molar-refractivity contribution in [2.75, 3.05) is 0 Å². The van der Waals surface area contributed by atoms with Gasteiger partial charge in [0.15, 0.2) is 0 Å². The molecule has 0 amide bonds. The molecule has 1 aromatic carbocycles. The Labute approximate surface area is 86.5 Å². The summed E-state index contributed by atoms with van der Waals surface area (Å²) in [5.41, 5.74) is 1.35. The molecule has 0 atom stereocenters. The first-order valence-electron chi connectivity index (χ1n) is 3.95. The number of unbranched alkanes of at least 4 members (excludes halogenated alkanes) is 1. The van der Waals surface area contributed by atoms with E-state index in [-0.39, 0.29) is 0 Å². The Morgan fingerprint density at radius 3 is 2.75 bits per heavy atom. The van der Waals surface area contributed by atoms with Gasteiger partial charge in [-0.3, -0.25) is 0 Å². The SMILES string of the molecule is N#CCCCc1ccccc1I. The van der Waals surface area contributed by atoms with Crippen LogP contribution in [0.5, 0.6) is 0 Å². The van der Waals surface area contributed by atoms with Crippen molar-refractivity contribution < 1.29 is 0 Å². The minimum Gasteiger partial charge on any atom is -0.198 e. The van der Waals surface area contributed by atoms with Gasteiger partial charge in [-0.2, -0.15) is 5.26 Å². The van der Waals surface area contributed by atoms with E-state index in [0.717, 1.165) is 12.8 Å². The Morgan fingerprint density at radius 1 is 1.33 bits per heavy atom. The summed E-state index contributed by atoms with van der Waals surface area (Å²) in [5.74, 6) is 0. The third-order valence-corrected chi connectivity index (χ3v) is 2.74. The van der Waals surface area contributed by atoms with Crippen LogP contribution in [0.3, 0.4) is 0 Å². The molecular weight excluding hydrogens is 261 g/mol. The van der Waals surface area contributed by atoms with E-state index in [4.69, 9.17) is 5.26 Å². The fraction of sp³-hybridized carbons (Fsp3) is 0.300. The van der Waals surface area contributed by atoms with Gasteiger partial charge in [-0.15, -0.1) is 0 Å². The molecule has 1 aromatic rings. The van der Waals surface area contributed by atoms with Crippen molar-refractivity contribution in [2.45, 2.75) is 19.3 Å². The lowest BCUT2D eigenvalue weighted by Gasteiger charge is -2.00. The van der Waals surface area contributed by atoms with Crippen molar-refractivity contribution in [1.82, 2.24) is 0 Å². The van der Waals surface area contributed by atoms with Crippen molar-refractivity contribution in [3.8, 4) is 6.07 Å². The summed E-state index contributed by atoms with van der Waals surface area (Å²) in [6.45, 7) is 0. The van der Waals surface area contributed by atoms with Crippen LogP contribution in [0.25, 0.3) is 0 Å². The highest BCUT2D eigenvalue weighted by atomic mass is 127. The van der Waals surface area contributed by atoms with Crippen LogP contribution in [0.4, 0.5) is 0 Å². The lowest BCUT2D eigenvalue weighted by molar-refractivity contribution is 0.847. The number of rotatable bonds is 3. The zero-order valence-corrected chi connectivity index (χ0v) is 8.91. The smallest absolute Gasteiger partial charge is 0.0621 e. The van der Waals surface area contributed by atoms with Crippen molar-refractivity contribution in [2.24, 2.45) is 0 Å². The first kappa shape index (κ1) is 9.53. The van der Waals surface area contributed by atoms with Crippen molar-refractivity contribution in [3.05, 3.63) is 33.4 Å². The second-order valence-corrected chi connectivity index (χ2v) is 3.77. The van der Waals surface area contributed by atoms with E-state index < -0.39 is 0 Å². The zero-order chi connectivity index (χ0) is 8.81. The second kappa shape index (κ2) is 5.15. The molecule has 0 heterocycles. The largest absolute Gasteiger partial charge is 0.198 e. The number of halogens is 1. The predicted molar refractivity (Wildman–Crippen MR) is 57.7 cm³/mol. The average molecular weight is 271 g/mol. The van der Waals surface area contributed by atoms with E-state index in [1.165, 1.54) is 9.13 Å². The molecule has 0 aliphatic heterocycles. The summed E-state index contributed by atoms with van der Waals surface area (Å²) >= 11 is 2.33. The summed E-state index contributed by atoms with van der Waals surface area (Å²) in [4.78, 5) is 0. The maximum Gasteiger partial charge on any atom is 0.0621 e. The summed E-state index contributed by atoms with van der Waals surface area (Å²) < 4.78 is 1.30. The lowest BCUT2D eigenvalue weighted by Crippen LogP contribution is -1.87. The maximum atomic E-state index is 8.36. The van der Waals surface area contributed by atoms with Gasteiger partial charge in [0.2, 0.25) is 0 Å². The van der Waals surface area contributed by atoms with Gasteiger partial charge in [0, 0.05) is 9.99 Å². The molecule has 0 saturated carbocycles. The maximum absolute atomic E-state index is 8.36. The number of nitrogens with zero attached hydrogens (tertiary/aromatic N) is 1. The molecule has 0 aliphatic rings. The molecular formula is C10H10IN. The molecule has 2 heteroatoms. The van der Waals surface area contributed by atoms with Crippen LogP contribution in [0.15, 0.2) is 24.3 Å². The van der Waals surface area contributed by atoms with E-state index in [9.17, 15) is 0 Å². The highest BCUT2D eigenvalue weighted by molar-refractivity contribution is 14.1. The standard InChI is InChI=1S/C10H10IN/c11-10-7-2-1-5-9(10)6-3-4-8-12/h1-2,5,7H,3-4,6H2. The van der Waals surface area contributed by atoms with E-state index >= 15 is 0 Å². The van der Waals surface area contributed by atoms with Crippen LogP contribution in [-0.2, 0) is 6.42 Å². The van der Waals surface area contributed by atoms with Crippen molar-refractivity contribution >= 4 is 22.6 Å². The van der Waals surface area contributed by atoms with Crippen LogP contribution in [0.2, 0.25) is 0 Å². The first-order chi connectivity index (χ1) is 5.84. The molecule has 0 aliphatic carbocycles. The van der Waals surface area contributed by atoms with E-state index in [2.05, 4.69) is 40.8 Å². The van der Waals surface area contributed by atoms with Crippen LogP contribution in [0, 0.1) is 14.9 Å². The van der Waals surface area contributed by atoms with E-state index in [0.29, 0.717) is 6.42 Å². The monoisotopic (exact) mass is 271 g/mol. The molecule has 12 heavy (non-hydrogen) atoms. The molecule has 62 valence electrons. The van der Waals surface area contributed by atoms with Crippen LogP contribution in [0.1, 0.15) is 18.4 Å². The molecule has 0 radical (unpaired) electrons. The quantitative estimate of drug-likeness (QED) is 0.612. The van der Waals surface area contributed by atoms with Crippen molar-refractivity contribution in [3.63, 3.8) is 0 Å². The van der Waals surface area contributed by atoms with Gasteiger partial charge in [0.25, 0.3) is 0 Å². The van der Waals surface area contributed by atoms with Gasteiger partial charge in [0.1, 0.15) is 0 Å². The average Bonchev–Trinajstić information content (AvgIpc) is 2.09. The Morgan fingerprint density at radius 2 is 2.08 bits per heavy atom. The molecule has 0 aromatic heterocycles. The summed E-state index contributed by atoms with van der Waals surface area (Å²) in [5, 5.41) is 8.36. The fourth-order valence-corrected chi connectivity index (χ4v) is 1.72. The number of nitriles is 1. The summed E-state index contributed by atoms with van der Waals surface area (Å²) in [6, 6.07) is 10.5. The predicted octanol–water partition coefficient (Wildman–Crippen LogP) is 3.14. The number of hydrogen-bond acceptors (Lipinski definition) is 1. The van der Waals surface area contributed by atoms with Gasteiger partial charge < -0.3 is 0 Å². The number of aryl methyl sites for hydroxylation is 1. The molecule has 0 bridgehead atoms. The Bertz CT molecular complexity index is 288. The number of benzene rings is 1. The van der Waals surface area contributed by atoms with Gasteiger partial charge >= 0.3 is 0 Å². The van der Waals surface area contributed by atoms with Crippen LogP contribution in [-0.4, -0.2) is 0 Å². The fourth-order valence-electron chi connectivity index (χ4n) is 1.06. The molecule has 0 fully saturated rings. The molecule has 0 N–H and O–H groups in total. The lowest BCUT2D eigenvalue weighted by atomic mass is 10.1.